The molecule has 0 heterocycles. The number of anilines is 1. The maximum atomic E-state index is 11.9. The number of carbonyl (C=O) groups excluding carboxylic acids is 1. The SMILES string of the molecule is CCc1cccc(NCC(=O)NC2CCCCC2)c1. The van der Waals surface area contributed by atoms with Crippen molar-refractivity contribution in [2.24, 2.45) is 0 Å². The third-order valence-electron chi connectivity index (χ3n) is 3.76. The Bertz CT molecular complexity index is 411. The number of benzene rings is 1. The van der Waals surface area contributed by atoms with Crippen molar-refractivity contribution in [2.45, 2.75) is 51.5 Å². The fraction of sp³-hybridized carbons (Fsp3) is 0.562. The molecule has 2 rings (SSSR count). The molecule has 3 nitrogen and oxygen atoms in total. The van der Waals surface area contributed by atoms with E-state index < -0.39 is 0 Å². The number of carbonyl (C=O) groups is 1. The number of amides is 1. The molecule has 0 aromatic heterocycles. The smallest absolute Gasteiger partial charge is 0.239 e. The van der Waals surface area contributed by atoms with Crippen LogP contribution in [0.25, 0.3) is 0 Å². The zero-order valence-electron chi connectivity index (χ0n) is 11.7. The average molecular weight is 260 g/mol. The van der Waals surface area contributed by atoms with Crippen molar-refractivity contribution in [3.63, 3.8) is 0 Å². The molecular formula is C16H24N2O. The van der Waals surface area contributed by atoms with Crippen LogP contribution in [0.3, 0.4) is 0 Å². The van der Waals surface area contributed by atoms with Gasteiger partial charge in [0.1, 0.15) is 0 Å². The van der Waals surface area contributed by atoms with Crippen LogP contribution in [0, 0.1) is 0 Å². The minimum absolute atomic E-state index is 0.105. The molecule has 1 aromatic rings. The maximum absolute atomic E-state index is 11.9. The lowest BCUT2D eigenvalue weighted by Gasteiger charge is -2.22. The van der Waals surface area contributed by atoms with Gasteiger partial charge in [0.05, 0.1) is 6.54 Å². The third kappa shape index (κ3) is 4.58. The van der Waals surface area contributed by atoms with Crippen LogP contribution in [-0.2, 0) is 11.2 Å². The fourth-order valence-corrected chi connectivity index (χ4v) is 2.61. The van der Waals surface area contributed by atoms with Gasteiger partial charge >= 0.3 is 0 Å². The van der Waals surface area contributed by atoms with Gasteiger partial charge in [-0.15, -0.1) is 0 Å². The maximum Gasteiger partial charge on any atom is 0.239 e. The topological polar surface area (TPSA) is 41.1 Å². The monoisotopic (exact) mass is 260 g/mol. The lowest BCUT2D eigenvalue weighted by atomic mass is 9.95. The Morgan fingerprint density at radius 3 is 2.79 bits per heavy atom. The molecule has 0 unspecified atom stereocenters. The zero-order chi connectivity index (χ0) is 13.5. The Kier molecular flexibility index (Phi) is 5.25. The first-order chi connectivity index (χ1) is 9.28. The molecule has 1 amide bonds. The second-order valence-corrected chi connectivity index (χ2v) is 5.31. The molecule has 1 aliphatic carbocycles. The molecule has 0 radical (unpaired) electrons. The van der Waals surface area contributed by atoms with Crippen molar-refractivity contribution in [2.75, 3.05) is 11.9 Å². The number of nitrogens with one attached hydrogen (secondary N) is 2. The Morgan fingerprint density at radius 2 is 2.05 bits per heavy atom. The molecule has 0 saturated heterocycles. The van der Waals surface area contributed by atoms with Gasteiger partial charge < -0.3 is 10.6 Å². The number of rotatable bonds is 5. The Labute approximate surface area is 115 Å². The predicted molar refractivity (Wildman–Crippen MR) is 79.3 cm³/mol. The highest BCUT2D eigenvalue weighted by molar-refractivity contribution is 5.81. The van der Waals surface area contributed by atoms with Crippen LogP contribution in [0.2, 0.25) is 0 Å². The summed E-state index contributed by atoms with van der Waals surface area (Å²) in [5.74, 6) is 0.105. The van der Waals surface area contributed by atoms with E-state index in [1.807, 2.05) is 12.1 Å². The average Bonchev–Trinajstić information content (AvgIpc) is 2.46. The van der Waals surface area contributed by atoms with Gasteiger partial charge in [0, 0.05) is 11.7 Å². The van der Waals surface area contributed by atoms with Crippen molar-refractivity contribution >= 4 is 11.6 Å². The molecule has 2 N–H and O–H groups in total. The second kappa shape index (κ2) is 7.17. The van der Waals surface area contributed by atoms with E-state index in [-0.39, 0.29) is 5.91 Å². The van der Waals surface area contributed by atoms with E-state index in [0.29, 0.717) is 12.6 Å². The molecule has 1 saturated carbocycles. The summed E-state index contributed by atoms with van der Waals surface area (Å²) in [4.78, 5) is 11.9. The van der Waals surface area contributed by atoms with Crippen LogP contribution in [0.15, 0.2) is 24.3 Å². The van der Waals surface area contributed by atoms with Gasteiger partial charge in [0.15, 0.2) is 0 Å². The van der Waals surface area contributed by atoms with Crippen molar-refractivity contribution in [1.82, 2.24) is 5.32 Å². The van der Waals surface area contributed by atoms with E-state index in [1.165, 1.54) is 24.8 Å². The molecule has 3 heteroatoms. The molecule has 0 spiro atoms. The molecule has 0 bridgehead atoms. The van der Waals surface area contributed by atoms with Crippen LogP contribution >= 0.6 is 0 Å². The molecule has 1 fully saturated rings. The summed E-state index contributed by atoms with van der Waals surface area (Å²) in [7, 11) is 0. The predicted octanol–water partition coefficient (Wildman–Crippen LogP) is 3.11. The van der Waals surface area contributed by atoms with Crippen molar-refractivity contribution < 1.29 is 4.79 Å². The van der Waals surface area contributed by atoms with Gasteiger partial charge in [-0.1, -0.05) is 38.3 Å². The minimum Gasteiger partial charge on any atom is -0.376 e. The lowest BCUT2D eigenvalue weighted by Crippen LogP contribution is -2.39. The number of hydrogen-bond donors (Lipinski definition) is 2. The van der Waals surface area contributed by atoms with E-state index in [9.17, 15) is 4.79 Å². The molecule has 0 aliphatic heterocycles. The normalized spacial score (nSPS) is 16.1. The van der Waals surface area contributed by atoms with Crippen LogP contribution in [0.4, 0.5) is 5.69 Å². The van der Waals surface area contributed by atoms with Crippen LogP contribution in [0.1, 0.15) is 44.6 Å². The summed E-state index contributed by atoms with van der Waals surface area (Å²) >= 11 is 0. The first-order valence-corrected chi connectivity index (χ1v) is 7.40. The van der Waals surface area contributed by atoms with E-state index in [1.54, 1.807) is 0 Å². The van der Waals surface area contributed by atoms with Gasteiger partial charge in [-0.3, -0.25) is 4.79 Å². The Hall–Kier alpha value is -1.51. The van der Waals surface area contributed by atoms with E-state index >= 15 is 0 Å². The van der Waals surface area contributed by atoms with Gasteiger partial charge in [-0.2, -0.15) is 0 Å². The highest BCUT2D eigenvalue weighted by Crippen LogP contribution is 2.17. The Balaban J connectivity index is 1.76. The van der Waals surface area contributed by atoms with E-state index in [0.717, 1.165) is 24.9 Å². The summed E-state index contributed by atoms with van der Waals surface area (Å²) < 4.78 is 0. The van der Waals surface area contributed by atoms with Crippen molar-refractivity contribution in [3.05, 3.63) is 29.8 Å². The Morgan fingerprint density at radius 1 is 1.26 bits per heavy atom. The van der Waals surface area contributed by atoms with Crippen LogP contribution < -0.4 is 10.6 Å². The number of hydrogen-bond acceptors (Lipinski definition) is 2. The molecule has 1 aliphatic rings. The van der Waals surface area contributed by atoms with Crippen LogP contribution in [-0.4, -0.2) is 18.5 Å². The molecule has 1 aromatic carbocycles. The largest absolute Gasteiger partial charge is 0.376 e. The molecular weight excluding hydrogens is 236 g/mol. The van der Waals surface area contributed by atoms with Gasteiger partial charge in [0.25, 0.3) is 0 Å². The van der Waals surface area contributed by atoms with E-state index in [4.69, 9.17) is 0 Å². The van der Waals surface area contributed by atoms with Crippen molar-refractivity contribution in [3.8, 4) is 0 Å². The highest BCUT2D eigenvalue weighted by atomic mass is 16.1. The quantitative estimate of drug-likeness (QED) is 0.854. The summed E-state index contributed by atoms with van der Waals surface area (Å²) in [5, 5.41) is 6.31. The van der Waals surface area contributed by atoms with E-state index in [2.05, 4.69) is 29.7 Å². The lowest BCUT2D eigenvalue weighted by molar-refractivity contribution is -0.120. The highest BCUT2D eigenvalue weighted by Gasteiger charge is 2.15. The summed E-state index contributed by atoms with van der Waals surface area (Å²) in [6.45, 7) is 2.50. The number of aryl methyl sites for hydroxylation is 1. The van der Waals surface area contributed by atoms with Gasteiger partial charge in [0.2, 0.25) is 5.91 Å². The molecule has 19 heavy (non-hydrogen) atoms. The summed E-state index contributed by atoms with van der Waals surface area (Å²) in [6, 6.07) is 8.64. The van der Waals surface area contributed by atoms with Gasteiger partial charge in [-0.05, 0) is 37.0 Å². The summed E-state index contributed by atoms with van der Waals surface area (Å²) in [6.07, 6.45) is 7.10. The summed E-state index contributed by atoms with van der Waals surface area (Å²) in [5.41, 5.74) is 2.32. The zero-order valence-corrected chi connectivity index (χ0v) is 11.7. The van der Waals surface area contributed by atoms with Crippen molar-refractivity contribution in [1.29, 1.82) is 0 Å². The third-order valence-corrected chi connectivity index (χ3v) is 3.76. The molecule has 0 atom stereocenters. The first-order valence-electron chi connectivity index (χ1n) is 7.40. The van der Waals surface area contributed by atoms with Gasteiger partial charge in [-0.25, -0.2) is 0 Å². The fourth-order valence-electron chi connectivity index (χ4n) is 2.61. The van der Waals surface area contributed by atoms with Crippen LogP contribution in [0.5, 0.6) is 0 Å². The second-order valence-electron chi connectivity index (χ2n) is 5.31. The standard InChI is InChI=1S/C16H24N2O/c1-2-13-7-6-10-15(11-13)17-12-16(19)18-14-8-4-3-5-9-14/h6-7,10-11,14,17H,2-5,8-9,12H2,1H3,(H,18,19). The first kappa shape index (κ1) is 13.9. The molecule has 104 valence electrons. The minimum atomic E-state index is 0.105.